The minimum Gasteiger partial charge on any atom is -0.479 e. The number of aromatic nitrogens is 2. The van der Waals surface area contributed by atoms with Crippen LogP contribution < -0.4 is 19.7 Å². The van der Waals surface area contributed by atoms with Crippen molar-refractivity contribution >= 4 is 23.6 Å². The quantitative estimate of drug-likeness (QED) is 0.413. The van der Waals surface area contributed by atoms with E-state index in [1.54, 1.807) is 23.1 Å². The highest BCUT2D eigenvalue weighted by molar-refractivity contribution is 5.73. The summed E-state index contributed by atoms with van der Waals surface area (Å²) in [6.45, 7) is 1.30. The minimum absolute atomic E-state index is 0.118. The van der Waals surface area contributed by atoms with Gasteiger partial charge in [0.05, 0.1) is 20.3 Å². The molecule has 210 valence electrons. The first kappa shape index (κ1) is 30.2. The lowest BCUT2D eigenvalue weighted by atomic mass is 10.1. The molecule has 1 aromatic heterocycles. The van der Waals surface area contributed by atoms with Crippen LogP contribution in [0.1, 0.15) is 5.56 Å². The van der Waals surface area contributed by atoms with Crippen LogP contribution in [0.2, 0.25) is 0 Å². The van der Waals surface area contributed by atoms with Crippen LogP contribution in [0.5, 0.6) is 11.8 Å². The number of carbonyl (C=O) groups is 2. The first-order valence-corrected chi connectivity index (χ1v) is 10.6. The third-order valence-corrected chi connectivity index (χ3v) is 4.66. The predicted molar refractivity (Wildman–Crippen MR) is 117 cm³/mol. The Morgan fingerprint density at radius 2 is 1.76 bits per heavy atom. The van der Waals surface area contributed by atoms with Crippen LogP contribution >= 0.6 is 0 Å². The highest BCUT2D eigenvalue weighted by Crippen LogP contribution is 2.24. The Kier molecular flexibility index (Phi) is 10.3. The van der Waals surface area contributed by atoms with Crippen LogP contribution in [0.25, 0.3) is 0 Å². The molecule has 1 unspecified atom stereocenters. The number of hydrogen-bond acceptors (Lipinski definition) is 9. The second-order valence-corrected chi connectivity index (χ2v) is 7.41. The normalized spacial score (nSPS) is 15.7. The molecule has 0 radical (unpaired) electrons. The molecule has 38 heavy (non-hydrogen) atoms. The highest BCUT2D eigenvalue weighted by Gasteiger charge is 2.38. The van der Waals surface area contributed by atoms with E-state index in [9.17, 15) is 36.2 Å². The van der Waals surface area contributed by atoms with Crippen molar-refractivity contribution in [2.45, 2.75) is 25.1 Å². The van der Waals surface area contributed by atoms with E-state index in [-0.39, 0.29) is 24.9 Å². The molecule has 1 atom stereocenters. The van der Waals surface area contributed by atoms with Crippen LogP contribution in [-0.2, 0) is 20.7 Å². The highest BCUT2D eigenvalue weighted by atomic mass is 19.4. The summed E-state index contributed by atoms with van der Waals surface area (Å²) in [6, 6.07) is 7.40. The van der Waals surface area contributed by atoms with Crippen LogP contribution in [0.4, 0.5) is 38.0 Å². The molecule has 1 fully saturated rings. The second kappa shape index (κ2) is 13.0. The molecule has 3 N–H and O–H groups in total. The molecule has 1 aliphatic heterocycles. The number of nitrogens with one attached hydrogen (secondary N) is 1. The summed E-state index contributed by atoms with van der Waals surface area (Å²) in [5, 5.41) is 19.4. The molecule has 0 spiro atoms. The number of ether oxygens (including phenoxy) is 3. The van der Waals surface area contributed by atoms with Gasteiger partial charge in [0, 0.05) is 19.2 Å². The van der Waals surface area contributed by atoms with Gasteiger partial charge >= 0.3 is 30.5 Å². The van der Waals surface area contributed by atoms with E-state index in [1.165, 1.54) is 19.2 Å². The SMILES string of the molecule is COc1nc(NCCc2ccc(OC(F)(F)F)cc2)cc(N2CCOC(C(=O)O)C2)n1.O=C(O)C(F)(F)F. The first-order valence-electron chi connectivity index (χ1n) is 10.6. The molecule has 1 aliphatic rings. The summed E-state index contributed by atoms with van der Waals surface area (Å²) in [5.74, 6) is -3.11. The Labute approximate surface area is 210 Å². The Morgan fingerprint density at radius 1 is 1.13 bits per heavy atom. The molecular formula is C21H22F6N4O7. The van der Waals surface area contributed by atoms with Gasteiger partial charge in [-0.2, -0.15) is 23.1 Å². The lowest BCUT2D eigenvalue weighted by Crippen LogP contribution is -2.46. The van der Waals surface area contributed by atoms with Crippen molar-refractivity contribution in [2.75, 3.05) is 43.6 Å². The Hall–Kier alpha value is -4.02. The Bertz CT molecular complexity index is 1080. The lowest BCUT2D eigenvalue weighted by Gasteiger charge is -2.31. The van der Waals surface area contributed by atoms with Crippen LogP contribution in [0.15, 0.2) is 30.3 Å². The Balaban J connectivity index is 0.000000638. The fraction of sp³-hybridized carbons (Fsp3) is 0.429. The number of rotatable bonds is 8. The van der Waals surface area contributed by atoms with Crippen molar-refractivity contribution in [1.82, 2.24) is 9.97 Å². The maximum Gasteiger partial charge on any atom is 0.573 e. The van der Waals surface area contributed by atoms with Crippen LogP contribution in [0, 0.1) is 0 Å². The zero-order valence-electron chi connectivity index (χ0n) is 19.5. The van der Waals surface area contributed by atoms with Crippen LogP contribution in [-0.4, -0.2) is 84.1 Å². The van der Waals surface area contributed by atoms with E-state index in [1.807, 2.05) is 0 Å². The summed E-state index contributed by atoms with van der Waals surface area (Å²) in [5.41, 5.74) is 0.806. The topological polar surface area (TPSA) is 143 Å². The average molecular weight is 556 g/mol. The molecule has 0 bridgehead atoms. The molecule has 0 aliphatic carbocycles. The molecule has 3 rings (SSSR count). The molecule has 0 amide bonds. The summed E-state index contributed by atoms with van der Waals surface area (Å²) in [7, 11) is 1.42. The molecular weight excluding hydrogens is 534 g/mol. The molecule has 0 saturated carbocycles. The van der Waals surface area contributed by atoms with Gasteiger partial charge in [0.2, 0.25) is 0 Å². The van der Waals surface area contributed by atoms with E-state index < -0.39 is 30.6 Å². The van der Waals surface area contributed by atoms with Crippen molar-refractivity contribution in [2.24, 2.45) is 0 Å². The van der Waals surface area contributed by atoms with Gasteiger partial charge in [-0.1, -0.05) is 12.1 Å². The van der Waals surface area contributed by atoms with Crippen molar-refractivity contribution in [3.63, 3.8) is 0 Å². The van der Waals surface area contributed by atoms with Gasteiger partial charge in [0.1, 0.15) is 17.4 Å². The Morgan fingerprint density at radius 3 is 2.29 bits per heavy atom. The average Bonchev–Trinajstić information content (AvgIpc) is 2.84. The maximum absolute atomic E-state index is 12.2. The third-order valence-electron chi connectivity index (χ3n) is 4.66. The fourth-order valence-electron chi connectivity index (χ4n) is 2.96. The van der Waals surface area contributed by atoms with Crippen molar-refractivity contribution in [1.29, 1.82) is 0 Å². The molecule has 1 aromatic carbocycles. The van der Waals surface area contributed by atoms with Gasteiger partial charge in [-0.05, 0) is 24.1 Å². The molecule has 2 aromatic rings. The van der Waals surface area contributed by atoms with E-state index in [0.29, 0.717) is 31.1 Å². The summed E-state index contributed by atoms with van der Waals surface area (Å²) in [4.78, 5) is 30.4. The van der Waals surface area contributed by atoms with Gasteiger partial charge in [-0.25, -0.2) is 9.59 Å². The summed E-state index contributed by atoms with van der Waals surface area (Å²) >= 11 is 0. The predicted octanol–water partition coefficient (Wildman–Crippen LogP) is 2.96. The summed E-state index contributed by atoms with van der Waals surface area (Å²) in [6.07, 6.45) is -10.2. The van der Waals surface area contributed by atoms with Crippen molar-refractivity contribution < 1.29 is 60.4 Å². The van der Waals surface area contributed by atoms with Crippen molar-refractivity contribution in [3.8, 4) is 11.8 Å². The van der Waals surface area contributed by atoms with Gasteiger partial charge in [0.25, 0.3) is 0 Å². The van der Waals surface area contributed by atoms with E-state index in [0.717, 1.165) is 5.56 Å². The molecule has 1 saturated heterocycles. The number of carboxylic acid groups (broad SMARTS) is 2. The molecule has 17 heteroatoms. The molecule has 2 heterocycles. The van der Waals surface area contributed by atoms with Gasteiger partial charge in [0.15, 0.2) is 6.10 Å². The lowest BCUT2D eigenvalue weighted by molar-refractivity contribution is -0.274. The number of aliphatic carboxylic acids is 2. The monoisotopic (exact) mass is 556 g/mol. The van der Waals surface area contributed by atoms with E-state index >= 15 is 0 Å². The molecule has 11 nitrogen and oxygen atoms in total. The van der Waals surface area contributed by atoms with Crippen LogP contribution in [0.3, 0.4) is 0 Å². The van der Waals surface area contributed by atoms with E-state index in [2.05, 4.69) is 20.0 Å². The third kappa shape index (κ3) is 10.2. The zero-order valence-corrected chi connectivity index (χ0v) is 19.5. The zero-order chi connectivity index (χ0) is 28.5. The largest absolute Gasteiger partial charge is 0.573 e. The number of halogens is 6. The van der Waals surface area contributed by atoms with Gasteiger partial charge in [-0.15, -0.1) is 13.2 Å². The van der Waals surface area contributed by atoms with Gasteiger partial charge in [-0.3, -0.25) is 0 Å². The standard InChI is InChI=1S/C19H21F3N4O5.C2HF3O2/c1-29-18-24-15(10-16(25-18)26-8-9-30-14(11-26)17(27)28)23-7-6-12-2-4-13(5-3-12)31-19(20,21)22;3-2(4,5)1(6)7/h2-5,10,14H,6-9,11H2,1H3,(H,27,28)(H,23,24,25);(H,6,7). The number of nitrogens with zero attached hydrogens (tertiary/aromatic N) is 3. The smallest absolute Gasteiger partial charge is 0.479 e. The number of benzene rings is 1. The minimum atomic E-state index is -5.08. The second-order valence-electron chi connectivity index (χ2n) is 7.41. The first-order chi connectivity index (χ1) is 17.7. The maximum atomic E-state index is 12.2. The number of morpholine rings is 1. The van der Waals surface area contributed by atoms with Gasteiger partial charge < -0.3 is 34.6 Å². The summed E-state index contributed by atoms with van der Waals surface area (Å²) < 4.78 is 82.6. The fourth-order valence-corrected chi connectivity index (χ4v) is 2.96. The van der Waals surface area contributed by atoms with Crippen molar-refractivity contribution in [3.05, 3.63) is 35.9 Å². The number of carboxylic acids is 2. The number of alkyl halides is 6. The van der Waals surface area contributed by atoms with E-state index in [4.69, 9.17) is 19.4 Å². The number of anilines is 2. The number of methoxy groups -OCH3 is 1. The number of hydrogen-bond donors (Lipinski definition) is 3.